The number of amides is 1. The highest BCUT2D eigenvalue weighted by atomic mass is 16.5. The van der Waals surface area contributed by atoms with Crippen molar-refractivity contribution in [2.75, 3.05) is 63.8 Å². The zero-order chi connectivity index (χ0) is 25.5. The fourth-order valence-corrected chi connectivity index (χ4v) is 5.22. The number of rotatable bonds is 9. The van der Waals surface area contributed by atoms with Crippen LogP contribution in [0.3, 0.4) is 0 Å². The molecule has 0 spiro atoms. The maximum absolute atomic E-state index is 12.9. The Balaban J connectivity index is 1.24. The summed E-state index contributed by atoms with van der Waals surface area (Å²) in [7, 11) is 0. The molecule has 196 valence electrons. The molecule has 0 bridgehead atoms. The van der Waals surface area contributed by atoms with Crippen molar-refractivity contribution in [2.24, 2.45) is 0 Å². The average molecular weight is 495 g/mol. The van der Waals surface area contributed by atoms with E-state index in [0.29, 0.717) is 12.6 Å². The molecule has 1 amide bonds. The average Bonchev–Trinajstić information content (AvgIpc) is 2.90. The van der Waals surface area contributed by atoms with Crippen molar-refractivity contribution in [3.63, 3.8) is 0 Å². The zero-order valence-corrected chi connectivity index (χ0v) is 22.4. The van der Waals surface area contributed by atoms with Gasteiger partial charge in [-0.25, -0.2) is 0 Å². The lowest BCUT2D eigenvalue weighted by Crippen LogP contribution is -2.55. The molecule has 3 heterocycles. The molecule has 0 aliphatic carbocycles. The van der Waals surface area contributed by atoms with Gasteiger partial charge in [-0.2, -0.15) is 0 Å². The fraction of sp³-hybridized carbons (Fsp3) is 0.607. The minimum absolute atomic E-state index is 0.132. The molecule has 0 atom stereocenters. The molecule has 2 aliphatic rings. The highest BCUT2D eigenvalue weighted by Gasteiger charge is 2.27. The maximum Gasteiger partial charge on any atom is 0.236 e. The van der Waals surface area contributed by atoms with Crippen LogP contribution in [0.2, 0.25) is 0 Å². The highest BCUT2D eigenvalue weighted by molar-refractivity contribution is 5.78. The Morgan fingerprint density at radius 3 is 2.25 bits per heavy atom. The first-order valence-electron chi connectivity index (χ1n) is 13.6. The maximum atomic E-state index is 12.9. The summed E-state index contributed by atoms with van der Waals surface area (Å²) in [5.41, 5.74) is 1.83. The molecule has 4 rings (SSSR count). The molecule has 2 fully saturated rings. The molecule has 36 heavy (non-hydrogen) atoms. The number of ether oxygens (including phenoxy) is 1. The van der Waals surface area contributed by atoms with Crippen LogP contribution in [-0.2, 0) is 4.79 Å². The largest absolute Gasteiger partial charge is 0.491 e. The quantitative estimate of drug-likeness (QED) is 0.529. The Hall–Kier alpha value is -2.71. The van der Waals surface area contributed by atoms with E-state index in [9.17, 15) is 4.79 Å². The molecular weight excluding hydrogens is 452 g/mol. The lowest BCUT2D eigenvalue weighted by Gasteiger charge is -2.40. The molecule has 2 aromatic rings. The van der Waals surface area contributed by atoms with Crippen LogP contribution in [0.5, 0.6) is 5.75 Å². The number of anilines is 1. The van der Waals surface area contributed by atoms with Gasteiger partial charge in [0.15, 0.2) is 5.82 Å². The van der Waals surface area contributed by atoms with Crippen molar-refractivity contribution in [1.82, 2.24) is 24.9 Å². The van der Waals surface area contributed by atoms with Crippen molar-refractivity contribution < 1.29 is 9.53 Å². The predicted octanol–water partition coefficient (Wildman–Crippen LogP) is 3.39. The Morgan fingerprint density at radius 1 is 0.917 bits per heavy atom. The minimum Gasteiger partial charge on any atom is -0.491 e. The second-order valence-electron chi connectivity index (χ2n) is 10.1. The first-order chi connectivity index (χ1) is 17.5. The monoisotopic (exact) mass is 494 g/mol. The molecule has 0 unspecified atom stereocenters. The van der Waals surface area contributed by atoms with Gasteiger partial charge in [-0.3, -0.25) is 14.6 Å². The van der Waals surface area contributed by atoms with Crippen LogP contribution in [0.4, 0.5) is 5.82 Å². The predicted molar refractivity (Wildman–Crippen MR) is 144 cm³/mol. The number of piperazine rings is 2. The summed E-state index contributed by atoms with van der Waals surface area (Å²) in [6.07, 6.45) is 2.50. The summed E-state index contributed by atoms with van der Waals surface area (Å²) in [5, 5.41) is 8.98. The van der Waals surface area contributed by atoms with E-state index in [1.54, 1.807) is 0 Å². The molecule has 0 N–H and O–H groups in total. The second-order valence-corrected chi connectivity index (χ2v) is 10.1. The SMILES string of the molecule is CCC(CC)N1CCN(C(=O)CN2CCN(c3ccc(-c4cccc(OC(C)C)c4)nn3)CC2)CC1. The Morgan fingerprint density at radius 2 is 1.64 bits per heavy atom. The van der Waals surface area contributed by atoms with E-state index < -0.39 is 0 Å². The summed E-state index contributed by atoms with van der Waals surface area (Å²) in [6.45, 7) is 16.2. The van der Waals surface area contributed by atoms with Crippen LogP contribution in [0, 0.1) is 0 Å². The molecule has 0 saturated carbocycles. The van der Waals surface area contributed by atoms with Gasteiger partial charge in [0.1, 0.15) is 5.75 Å². The highest BCUT2D eigenvalue weighted by Crippen LogP contribution is 2.24. The summed E-state index contributed by atoms with van der Waals surface area (Å²) >= 11 is 0. The van der Waals surface area contributed by atoms with Crippen molar-refractivity contribution in [3.8, 4) is 17.0 Å². The van der Waals surface area contributed by atoms with E-state index >= 15 is 0 Å². The van der Waals surface area contributed by atoms with Gasteiger partial charge in [-0.1, -0.05) is 26.0 Å². The first-order valence-corrected chi connectivity index (χ1v) is 13.6. The number of carbonyl (C=O) groups is 1. The topological polar surface area (TPSA) is 65.0 Å². The van der Waals surface area contributed by atoms with Crippen LogP contribution in [0.25, 0.3) is 11.3 Å². The van der Waals surface area contributed by atoms with Gasteiger partial charge in [0.05, 0.1) is 18.3 Å². The molecule has 1 aromatic heterocycles. The standard InChI is InChI=1S/C28H42N6O2/c1-5-24(6-2)32-16-18-34(19-17-32)28(35)21-31-12-14-33(15-13-31)27-11-10-26(29-30-27)23-8-7-9-25(20-23)36-22(3)4/h7-11,20,22,24H,5-6,12-19,21H2,1-4H3. The van der Waals surface area contributed by atoms with Gasteiger partial charge in [0.2, 0.25) is 5.91 Å². The van der Waals surface area contributed by atoms with E-state index in [1.807, 2.05) is 50.2 Å². The van der Waals surface area contributed by atoms with Crippen molar-refractivity contribution in [2.45, 2.75) is 52.7 Å². The number of benzene rings is 1. The van der Waals surface area contributed by atoms with Gasteiger partial charge in [-0.15, -0.1) is 10.2 Å². The van der Waals surface area contributed by atoms with E-state index in [0.717, 1.165) is 75.2 Å². The lowest BCUT2D eigenvalue weighted by molar-refractivity contribution is -0.134. The van der Waals surface area contributed by atoms with Crippen LogP contribution in [0.1, 0.15) is 40.5 Å². The van der Waals surface area contributed by atoms with Gasteiger partial charge >= 0.3 is 0 Å². The van der Waals surface area contributed by atoms with E-state index in [1.165, 1.54) is 12.8 Å². The number of hydrogen-bond donors (Lipinski definition) is 0. The zero-order valence-electron chi connectivity index (χ0n) is 22.4. The molecule has 0 radical (unpaired) electrons. The number of nitrogens with zero attached hydrogens (tertiary/aromatic N) is 6. The third kappa shape index (κ3) is 6.73. The Kier molecular flexibility index (Phi) is 9.15. The number of hydrogen-bond acceptors (Lipinski definition) is 7. The van der Waals surface area contributed by atoms with Gasteiger partial charge < -0.3 is 14.5 Å². The first kappa shape index (κ1) is 26.4. The van der Waals surface area contributed by atoms with Crippen LogP contribution >= 0.6 is 0 Å². The van der Waals surface area contributed by atoms with E-state index in [-0.39, 0.29) is 12.0 Å². The number of carbonyl (C=O) groups excluding carboxylic acids is 1. The van der Waals surface area contributed by atoms with Gasteiger partial charge in [0, 0.05) is 64.0 Å². The van der Waals surface area contributed by atoms with Crippen molar-refractivity contribution in [1.29, 1.82) is 0 Å². The van der Waals surface area contributed by atoms with Crippen LogP contribution < -0.4 is 9.64 Å². The Bertz CT molecular complexity index is 962. The van der Waals surface area contributed by atoms with Crippen molar-refractivity contribution in [3.05, 3.63) is 36.4 Å². The molecule has 8 nitrogen and oxygen atoms in total. The molecule has 8 heteroatoms. The molecule has 2 aliphatic heterocycles. The summed E-state index contributed by atoms with van der Waals surface area (Å²) in [6, 6.07) is 12.7. The summed E-state index contributed by atoms with van der Waals surface area (Å²) in [5.74, 6) is 1.99. The second kappa shape index (κ2) is 12.5. The third-order valence-corrected chi connectivity index (χ3v) is 7.33. The molecular formula is C28H42N6O2. The third-order valence-electron chi connectivity index (χ3n) is 7.33. The van der Waals surface area contributed by atoms with E-state index in [4.69, 9.17) is 4.74 Å². The molecule has 2 saturated heterocycles. The number of aromatic nitrogens is 2. The Labute approximate surface area is 216 Å². The summed E-state index contributed by atoms with van der Waals surface area (Å²) in [4.78, 5) is 22.0. The van der Waals surface area contributed by atoms with Crippen molar-refractivity contribution >= 4 is 11.7 Å². The van der Waals surface area contributed by atoms with Gasteiger partial charge in [-0.05, 0) is 51.0 Å². The fourth-order valence-electron chi connectivity index (χ4n) is 5.22. The summed E-state index contributed by atoms with van der Waals surface area (Å²) < 4.78 is 5.80. The lowest BCUT2D eigenvalue weighted by atomic mass is 10.1. The van der Waals surface area contributed by atoms with Gasteiger partial charge in [0.25, 0.3) is 0 Å². The minimum atomic E-state index is 0.132. The smallest absolute Gasteiger partial charge is 0.236 e. The normalized spacial score (nSPS) is 17.7. The van der Waals surface area contributed by atoms with E-state index in [2.05, 4.69) is 43.6 Å². The van der Waals surface area contributed by atoms with Crippen LogP contribution in [-0.4, -0.2) is 102 Å². The molecule has 1 aromatic carbocycles. The van der Waals surface area contributed by atoms with Crippen LogP contribution in [0.15, 0.2) is 36.4 Å².